The van der Waals surface area contributed by atoms with Crippen LogP contribution in [0.2, 0.25) is 0 Å². The van der Waals surface area contributed by atoms with Gasteiger partial charge in [0.15, 0.2) is 0 Å². The van der Waals surface area contributed by atoms with Crippen LogP contribution in [-0.2, 0) is 6.54 Å². The van der Waals surface area contributed by atoms with E-state index in [9.17, 15) is 14.9 Å². The fourth-order valence-corrected chi connectivity index (χ4v) is 3.21. The molecule has 2 N–H and O–H groups in total. The lowest BCUT2D eigenvalue weighted by molar-refractivity contribution is -0.384. The molecule has 7 heteroatoms. The largest absolute Gasteiger partial charge is 0.377 e. The summed E-state index contributed by atoms with van der Waals surface area (Å²) in [5.41, 5.74) is 1.68. The molecule has 2 aromatic carbocycles. The Hall–Kier alpha value is -2.54. The highest BCUT2D eigenvalue weighted by molar-refractivity contribution is 7.99. The Balaban J connectivity index is 1.65. The number of nitrogens with zero attached hydrogens (tertiary/aromatic N) is 1. The zero-order chi connectivity index (χ0) is 18.5. The summed E-state index contributed by atoms with van der Waals surface area (Å²) in [6.07, 6.45) is 2.05. The number of amides is 1. The van der Waals surface area contributed by atoms with Crippen molar-refractivity contribution in [1.29, 1.82) is 0 Å². The lowest BCUT2D eigenvalue weighted by Crippen LogP contribution is -2.23. The molecule has 1 saturated carbocycles. The van der Waals surface area contributed by atoms with Gasteiger partial charge in [-0.1, -0.05) is 19.1 Å². The van der Waals surface area contributed by atoms with E-state index in [1.165, 1.54) is 11.0 Å². The number of benzene rings is 2. The number of nitro benzene ring substituents is 1. The number of hydrogen-bond donors (Lipinski definition) is 2. The fourth-order valence-electron chi connectivity index (χ4n) is 2.55. The third-order valence-electron chi connectivity index (χ3n) is 4.08. The van der Waals surface area contributed by atoms with Gasteiger partial charge in [-0.15, -0.1) is 11.8 Å². The second kappa shape index (κ2) is 8.23. The number of carbonyl (C=O) groups excluding carboxylic acids is 1. The van der Waals surface area contributed by atoms with Gasteiger partial charge in [0.25, 0.3) is 11.6 Å². The molecule has 1 aliphatic carbocycles. The quantitative estimate of drug-likeness (QED) is 0.412. The molecule has 6 nitrogen and oxygen atoms in total. The number of hydrogen-bond acceptors (Lipinski definition) is 5. The van der Waals surface area contributed by atoms with Crippen LogP contribution in [0.15, 0.2) is 47.4 Å². The van der Waals surface area contributed by atoms with E-state index in [2.05, 4.69) is 17.6 Å². The summed E-state index contributed by atoms with van der Waals surface area (Å²) < 4.78 is 0. The van der Waals surface area contributed by atoms with Gasteiger partial charge >= 0.3 is 0 Å². The van der Waals surface area contributed by atoms with E-state index in [4.69, 9.17) is 0 Å². The fraction of sp³-hybridized carbons (Fsp3) is 0.316. The topological polar surface area (TPSA) is 84.3 Å². The molecule has 0 unspecified atom stereocenters. The molecule has 2 aromatic rings. The number of anilines is 1. The van der Waals surface area contributed by atoms with Crippen LogP contribution in [-0.4, -0.2) is 22.6 Å². The maximum atomic E-state index is 12.3. The van der Waals surface area contributed by atoms with Gasteiger partial charge in [-0.3, -0.25) is 14.9 Å². The summed E-state index contributed by atoms with van der Waals surface area (Å²) in [6.45, 7) is 2.48. The summed E-state index contributed by atoms with van der Waals surface area (Å²) in [6, 6.07) is 12.9. The van der Waals surface area contributed by atoms with Gasteiger partial charge < -0.3 is 10.6 Å². The minimum atomic E-state index is -0.453. The van der Waals surface area contributed by atoms with Crippen molar-refractivity contribution < 1.29 is 9.72 Å². The molecule has 0 spiro atoms. The van der Waals surface area contributed by atoms with E-state index in [1.807, 2.05) is 24.3 Å². The minimum absolute atomic E-state index is 0.0644. The predicted molar refractivity (Wildman–Crippen MR) is 104 cm³/mol. The molecule has 3 rings (SSSR count). The Bertz CT molecular complexity index is 804. The van der Waals surface area contributed by atoms with Crippen LogP contribution in [0.25, 0.3) is 0 Å². The van der Waals surface area contributed by atoms with E-state index in [0.29, 0.717) is 18.3 Å². The first-order valence-corrected chi connectivity index (χ1v) is 9.60. The average Bonchev–Trinajstić information content (AvgIpc) is 3.45. The van der Waals surface area contributed by atoms with Crippen LogP contribution in [0.4, 0.5) is 11.4 Å². The Morgan fingerprint density at radius 2 is 1.96 bits per heavy atom. The number of carbonyl (C=O) groups is 1. The summed E-state index contributed by atoms with van der Waals surface area (Å²) in [4.78, 5) is 24.4. The molecule has 1 amide bonds. The van der Waals surface area contributed by atoms with Crippen LogP contribution in [0.3, 0.4) is 0 Å². The van der Waals surface area contributed by atoms with Crippen LogP contribution >= 0.6 is 11.8 Å². The van der Waals surface area contributed by atoms with Crippen molar-refractivity contribution in [1.82, 2.24) is 5.32 Å². The summed E-state index contributed by atoms with van der Waals surface area (Å²) in [5.74, 6) is 0.693. The van der Waals surface area contributed by atoms with E-state index in [1.54, 1.807) is 23.9 Å². The maximum Gasteiger partial charge on any atom is 0.293 e. The molecule has 0 aliphatic heterocycles. The van der Waals surface area contributed by atoms with Gasteiger partial charge in [-0.2, -0.15) is 0 Å². The van der Waals surface area contributed by atoms with Gasteiger partial charge in [0.05, 0.1) is 4.92 Å². The molecule has 0 aromatic heterocycles. The molecule has 0 saturated heterocycles. The first-order valence-electron chi connectivity index (χ1n) is 8.61. The molecule has 0 radical (unpaired) electrons. The number of rotatable bonds is 8. The minimum Gasteiger partial charge on any atom is -0.377 e. The summed E-state index contributed by atoms with van der Waals surface area (Å²) in [7, 11) is 0. The van der Waals surface area contributed by atoms with Crippen molar-refractivity contribution in [2.75, 3.05) is 11.1 Å². The Kier molecular flexibility index (Phi) is 5.78. The van der Waals surface area contributed by atoms with Crippen molar-refractivity contribution in [2.24, 2.45) is 0 Å². The van der Waals surface area contributed by atoms with E-state index >= 15 is 0 Å². The predicted octanol–water partition coefficient (Wildman–Crippen LogP) is 4.21. The van der Waals surface area contributed by atoms with Gasteiger partial charge in [-0.25, -0.2) is 0 Å². The van der Waals surface area contributed by atoms with Crippen molar-refractivity contribution in [3.05, 3.63) is 63.7 Å². The number of nitrogens with one attached hydrogen (secondary N) is 2. The molecule has 0 heterocycles. The van der Waals surface area contributed by atoms with Crippen molar-refractivity contribution in [3.8, 4) is 0 Å². The van der Waals surface area contributed by atoms with Gasteiger partial charge in [0.2, 0.25) is 0 Å². The molecule has 1 fully saturated rings. The smallest absolute Gasteiger partial charge is 0.293 e. The summed E-state index contributed by atoms with van der Waals surface area (Å²) >= 11 is 1.76. The van der Waals surface area contributed by atoms with Gasteiger partial charge in [0.1, 0.15) is 5.69 Å². The van der Waals surface area contributed by atoms with Crippen molar-refractivity contribution >= 4 is 29.0 Å². The lowest BCUT2D eigenvalue weighted by Gasteiger charge is -2.09. The molecule has 26 heavy (non-hydrogen) atoms. The standard InChI is InChI=1S/C19H21N3O3S/c1-2-26-16-8-3-13(4-9-16)12-20-19(23)14-5-10-17(21-15-6-7-15)18(11-14)22(24)25/h3-5,8-11,15,21H,2,6-7,12H2,1H3,(H,20,23). The van der Waals surface area contributed by atoms with E-state index < -0.39 is 4.92 Å². The SMILES string of the molecule is CCSc1ccc(CNC(=O)c2ccc(NC3CC3)c([N+](=O)[O-])c2)cc1. The van der Waals surface area contributed by atoms with Crippen LogP contribution in [0.5, 0.6) is 0 Å². The first kappa shape index (κ1) is 18.3. The molecular formula is C19H21N3O3S. The number of thioether (sulfide) groups is 1. The number of nitro groups is 1. The Morgan fingerprint density at radius 3 is 2.58 bits per heavy atom. The molecular weight excluding hydrogens is 350 g/mol. The Labute approximate surface area is 156 Å². The van der Waals surface area contributed by atoms with Crippen LogP contribution < -0.4 is 10.6 Å². The van der Waals surface area contributed by atoms with Crippen molar-refractivity contribution in [2.45, 2.75) is 37.2 Å². The molecule has 0 bridgehead atoms. The maximum absolute atomic E-state index is 12.3. The molecule has 0 atom stereocenters. The van der Waals surface area contributed by atoms with E-state index in [-0.39, 0.29) is 17.2 Å². The first-order chi connectivity index (χ1) is 12.6. The van der Waals surface area contributed by atoms with Crippen molar-refractivity contribution in [3.63, 3.8) is 0 Å². The third kappa shape index (κ3) is 4.76. The van der Waals surface area contributed by atoms with E-state index in [0.717, 1.165) is 24.2 Å². The molecule has 1 aliphatic rings. The lowest BCUT2D eigenvalue weighted by atomic mass is 10.1. The Morgan fingerprint density at radius 1 is 1.23 bits per heavy atom. The third-order valence-corrected chi connectivity index (χ3v) is 4.98. The van der Waals surface area contributed by atoms with Crippen LogP contribution in [0, 0.1) is 10.1 Å². The average molecular weight is 371 g/mol. The highest BCUT2D eigenvalue weighted by atomic mass is 32.2. The highest BCUT2D eigenvalue weighted by Gasteiger charge is 2.25. The zero-order valence-electron chi connectivity index (χ0n) is 14.5. The molecule has 136 valence electrons. The second-order valence-corrected chi connectivity index (χ2v) is 7.50. The van der Waals surface area contributed by atoms with Crippen LogP contribution in [0.1, 0.15) is 35.7 Å². The zero-order valence-corrected chi connectivity index (χ0v) is 15.3. The normalized spacial score (nSPS) is 13.3. The monoisotopic (exact) mass is 371 g/mol. The second-order valence-electron chi connectivity index (χ2n) is 6.17. The van der Waals surface area contributed by atoms with Gasteiger partial charge in [-0.05, 0) is 48.4 Å². The highest BCUT2D eigenvalue weighted by Crippen LogP contribution is 2.31. The summed E-state index contributed by atoms with van der Waals surface area (Å²) in [5, 5.41) is 17.2. The van der Waals surface area contributed by atoms with Gasteiger partial charge in [0, 0.05) is 29.1 Å².